The molecule has 1 nitrogen and oxygen atoms in total. The minimum Gasteiger partial charge on any atom is -0.369 e. The quantitative estimate of drug-likeness (QED) is 0.339. The van der Waals surface area contributed by atoms with Gasteiger partial charge in [0.15, 0.2) is 0 Å². The Bertz CT molecular complexity index is 210. The molecule has 1 aliphatic rings. The van der Waals surface area contributed by atoms with Gasteiger partial charge < -0.3 is 4.74 Å². The highest BCUT2D eigenvalue weighted by Gasteiger charge is 2.48. The van der Waals surface area contributed by atoms with Gasteiger partial charge >= 0.3 is 0 Å². The van der Waals surface area contributed by atoms with Crippen LogP contribution in [0, 0.1) is 5.41 Å². The fourth-order valence-electron chi connectivity index (χ4n) is 3.14. The Morgan fingerprint density at radius 1 is 0.833 bits per heavy atom. The summed E-state index contributed by atoms with van der Waals surface area (Å²) < 4.78 is 5.88. The Hall–Kier alpha value is -0.0400. The molecule has 0 spiro atoms. The van der Waals surface area contributed by atoms with E-state index in [1.807, 2.05) is 0 Å². The lowest BCUT2D eigenvalue weighted by Gasteiger charge is -2.21. The molecule has 0 saturated carbocycles. The Balaban J connectivity index is 1.96. The molecule has 108 valence electrons. The maximum Gasteiger partial charge on any atom is 0.0892 e. The molecule has 1 rings (SSSR count). The standard InChI is InChI=1S/C17H34O/c1-5-7-8-9-10-11-12-13-15-16(18-15)17(3,4)14-6-2/h15-16H,5-14H2,1-4H3. The van der Waals surface area contributed by atoms with Gasteiger partial charge in [0.2, 0.25) is 0 Å². The van der Waals surface area contributed by atoms with Crippen LogP contribution in [0.1, 0.15) is 91.9 Å². The normalized spacial score (nSPS) is 23.3. The van der Waals surface area contributed by atoms with Crippen molar-refractivity contribution in [1.82, 2.24) is 0 Å². The maximum absolute atomic E-state index is 5.88. The van der Waals surface area contributed by atoms with Crippen molar-refractivity contribution in [2.45, 2.75) is 104 Å². The lowest BCUT2D eigenvalue weighted by Crippen LogP contribution is -2.20. The predicted octanol–water partition coefficient (Wildman–Crippen LogP) is 5.72. The van der Waals surface area contributed by atoms with E-state index in [1.165, 1.54) is 64.2 Å². The second kappa shape index (κ2) is 8.19. The summed E-state index contributed by atoms with van der Waals surface area (Å²) in [6.45, 7) is 9.29. The van der Waals surface area contributed by atoms with Crippen molar-refractivity contribution in [3.05, 3.63) is 0 Å². The van der Waals surface area contributed by atoms with Crippen LogP contribution in [0.15, 0.2) is 0 Å². The molecular formula is C17H34O. The Morgan fingerprint density at radius 3 is 2.06 bits per heavy atom. The van der Waals surface area contributed by atoms with Crippen molar-refractivity contribution < 1.29 is 4.74 Å². The third-order valence-electron chi connectivity index (χ3n) is 4.34. The van der Waals surface area contributed by atoms with Crippen LogP contribution in [0.4, 0.5) is 0 Å². The van der Waals surface area contributed by atoms with E-state index in [2.05, 4.69) is 27.7 Å². The highest BCUT2D eigenvalue weighted by Crippen LogP contribution is 2.43. The molecule has 1 aliphatic heterocycles. The van der Waals surface area contributed by atoms with Crippen LogP contribution in [0.25, 0.3) is 0 Å². The summed E-state index contributed by atoms with van der Waals surface area (Å²) in [7, 11) is 0. The molecule has 0 N–H and O–H groups in total. The molecular weight excluding hydrogens is 220 g/mol. The number of unbranched alkanes of at least 4 members (excludes halogenated alkanes) is 6. The van der Waals surface area contributed by atoms with Crippen molar-refractivity contribution in [2.75, 3.05) is 0 Å². The van der Waals surface area contributed by atoms with Gasteiger partial charge in [-0.1, -0.05) is 79.1 Å². The third-order valence-corrected chi connectivity index (χ3v) is 4.34. The number of hydrogen-bond donors (Lipinski definition) is 0. The first-order chi connectivity index (χ1) is 8.61. The zero-order chi connectivity index (χ0) is 13.4. The van der Waals surface area contributed by atoms with Crippen LogP contribution in [-0.4, -0.2) is 12.2 Å². The summed E-state index contributed by atoms with van der Waals surface area (Å²) in [5.74, 6) is 0. The van der Waals surface area contributed by atoms with E-state index in [9.17, 15) is 0 Å². The largest absolute Gasteiger partial charge is 0.369 e. The third kappa shape index (κ3) is 5.73. The predicted molar refractivity (Wildman–Crippen MR) is 80.0 cm³/mol. The zero-order valence-corrected chi connectivity index (χ0v) is 13.1. The van der Waals surface area contributed by atoms with Gasteiger partial charge in [-0.2, -0.15) is 0 Å². The Kier molecular flexibility index (Phi) is 7.29. The summed E-state index contributed by atoms with van der Waals surface area (Å²) in [6.07, 6.45) is 14.8. The second-order valence-electron chi connectivity index (χ2n) is 6.74. The van der Waals surface area contributed by atoms with Crippen LogP contribution in [-0.2, 0) is 4.74 Å². The van der Waals surface area contributed by atoms with Gasteiger partial charge in [-0.15, -0.1) is 0 Å². The van der Waals surface area contributed by atoms with E-state index in [0.717, 1.165) is 0 Å². The molecule has 0 aromatic carbocycles. The van der Waals surface area contributed by atoms with Gasteiger partial charge in [-0.05, 0) is 18.3 Å². The molecule has 2 unspecified atom stereocenters. The average Bonchev–Trinajstić information content (AvgIpc) is 3.08. The fraction of sp³-hybridized carbons (Fsp3) is 1.00. The topological polar surface area (TPSA) is 12.5 Å². The highest BCUT2D eigenvalue weighted by atomic mass is 16.6. The van der Waals surface area contributed by atoms with E-state index in [-0.39, 0.29) is 0 Å². The van der Waals surface area contributed by atoms with Crippen molar-refractivity contribution >= 4 is 0 Å². The summed E-state index contributed by atoms with van der Waals surface area (Å²) in [5.41, 5.74) is 0.403. The Labute approximate surface area is 115 Å². The highest BCUT2D eigenvalue weighted by molar-refractivity contribution is 4.95. The lowest BCUT2D eigenvalue weighted by atomic mass is 9.82. The summed E-state index contributed by atoms with van der Waals surface area (Å²) in [6, 6.07) is 0. The summed E-state index contributed by atoms with van der Waals surface area (Å²) in [5, 5.41) is 0. The van der Waals surface area contributed by atoms with Crippen LogP contribution < -0.4 is 0 Å². The molecule has 1 heteroatoms. The molecule has 1 saturated heterocycles. The Morgan fingerprint density at radius 2 is 1.44 bits per heavy atom. The van der Waals surface area contributed by atoms with Crippen LogP contribution in [0.2, 0.25) is 0 Å². The molecule has 0 bridgehead atoms. The molecule has 1 fully saturated rings. The monoisotopic (exact) mass is 254 g/mol. The van der Waals surface area contributed by atoms with Crippen LogP contribution in [0.3, 0.4) is 0 Å². The van der Waals surface area contributed by atoms with E-state index >= 15 is 0 Å². The number of epoxide rings is 1. The molecule has 1 heterocycles. The second-order valence-corrected chi connectivity index (χ2v) is 6.74. The molecule has 0 radical (unpaired) electrons. The number of rotatable bonds is 11. The van der Waals surface area contributed by atoms with Gasteiger partial charge in [0.1, 0.15) is 0 Å². The van der Waals surface area contributed by atoms with Gasteiger partial charge in [-0.3, -0.25) is 0 Å². The summed E-state index contributed by atoms with van der Waals surface area (Å²) in [4.78, 5) is 0. The van der Waals surface area contributed by atoms with Gasteiger partial charge in [0.05, 0.1) is 12.2 Å². The van der Waals surface area contributed by atoms with Crippen LogP contribution in [0.5, 0.6) is 0 Å². The lowest BCUT2D eigenvalue weighted by molar-refractivity contribution is 0.223. The molecule has 0 aliphatic carbocycles. The minimum absolute atomic E-state index is 0.403. The number of ether oxygens (including phenoxy) is 1. The van der Waals surface area contributed by atoms with Gasteiger partial charge in [-0.25, -0.2) is 0 Å². The molecule has 18 heavy (non-hydrogen) atoms. The van der Waals surface area contributed by atoms with Crippen molar-refractivity contribution in [3.8, 4) is 0 Å². The first-order valence-corrected chi connectivity index (χ1v) is 8.27. The fourth-order valence-corrected chi connectivity index (χ4v) is 3.14. The van der Waals surface area contributed by atoms with E-state index < -0.39 is 0 Å². The van der Waals surface area contributed by atoms with Crippen molar-refractivity contribution in [2.24, 2.45) is 5.41 Å². The molecule has 0 amide bonds. The minimum atomic E-state index is 0.403. The molecule has 2 atom stereocenters. The van der Waals surface area contributed by atoms with Crippen molar-refractivity contribution in [3.63, 3.8) is 0 Å². The van der Waals surface area contributed by atoms with Gasteiger partial charge in [0.25, 0.3) is 0 Å². The first kappa shape index (κ1) is 16.0. The van der Waals surface area contributed by atoms with Crippen LogP contribution >= 0.6 is 0 Å². The molecule has 0 aromatic rings. The van der Waals surface area contributed by atoms with Gasteiger partial charge in [0, 0.05) is 0 Å². The zero-order valence-electron chi connectivity index (χ0n) is 13.1. The van der Waals surface area contributed by atoms with E-state index in [1.54, 1.807) is 0 Å². The maximum atomic E-state index is 5.88. The van der Waals surface area contributed by atoms with E-state index in [0.29, 0.717) is 17.6 Å². The molecule has 0 aromatic heterocycles. The average molecular weight is 254 g/mol. The SMILES string of the molecule is CCCCCCCCCC1OC1C(C)(C)CCC. The first-order valence-electron chi connectivity index (χ1n) is 8.27. The summed E-state index contributed by atoms with van der Waals surface area (Å²) >= 11 is 0. The smallest absolute Gasteiger partial charge is 0.0892 e. The van der Waals surface area contributed by atoms with Crippen molar-refractivity contribution in [1.29, 1.82) is 0 Å². The number of hydrogen-bond acceptors (Lipinski definition) is 1. The van der Waals surface area contributed by atoms with E-state index in [4.69, 9.17) is 4.74 Å².